The molecular formula is C17H22ClFN2O3S. The highest BCUT2D eigenvalue weighted by atomic mass is 35.5. The van der Waals surface area contributed by atoms with Crippen molar-refractivity contribution < 1.29 is 17.6 Å². The minimum Gasteiger partial charge on any atom is -0.338 e. The molecule has 2 fully saturated rings. The third kappa shape index (κ3) is 4.15. The van der Waals surface area contributed by atoms with E-state index in [1.54, 1.807) is 4.90 Å². The normalized spacial score (nSPS) is 23.2. The van der Waals surface area contributed by atoms with E-state index in [9.17, 15) is 17.6 Å². The van der Waals surface area contributed by atoms with Gasteiger partial charge in [-0.1, -0.05) is 11.6 Å². The van der Waals surface area contributed by atoms with Gasteiger partial charge in [-0.3, -0.25) is 4.79 Å². The van der Waals surface area contributed by atoms with Crippen molar-refractivity contribution in [2.24, 2.45) is 11.8 Å². The van der Waals surface area contributed by atoms with Gasteiger partial charge in [-0.05, 0) is 49.3 Å². The molecule has 2 saturated heterocycles. The minimum atomic E-state index is -3.13. The molecule has 0 saturated carbocycles. The van der Waals surface area contributed by atoms with E-state index in [2.05, 4.69) is 0 Å². The Kier molecular flexibility index (Phi) is 5.37. The Labute approximate surface area is 152 Å². The molecule has 0 spiro atoms. The maximum atomic E-state index is 13.9. The van der Waals surface area contributed by atoms with E-state index in [-0.39, 0.29) is 11.5 Å². The minimum absolute atomic E-state index is 0.0139. The summed E-state index contributed by atoms with van der Waals surface area (Å²) in [6, 6.07) is 4.01. The van der Waals surface area contributed by atoms with E-state index < -0.39 is 15.8 Å². The fourth-order valence-corrected chi connectivity index (χ4v) is 4.91. The van der Waals surface area contributed by atoms with Crippen molar-refractivity contribution in [2.75, 3.05) is 32.4 Å². The van der Waals surface area contributed by atoms with Crippen LogP contribution in [0.2, 0.25) is 5.02 Å². The van der Waals surface area contributed by atoms with Crippen LogP contribution in [0.15, 0.2) is 18.2 Å². The highest BCUT2D eigenvalue weighted by Gasteiger charge is 2.35. The quantitative estimate of drug-likeness (QED) is 0.799. The summed E-state index contributed by atoms with van der Waals surface area (Å²) in [6.45, 7) is 2.27. The van der Waals surface area contributed by atoms with E-state index in [1.165, 1.54) is 28.8 Å². The van der Waals surface area contributed by atoms with E-state index in [1.807, 2.05) is 0 Å². The lowest BCUT2D eigenvalue weighted by Crippen LogP contribution is -2.40. The number of hydrogen-bond acceptors (Lipinski definition) is 3. The first-order valence-corrected chi connectivity index (χ1v) is 10.7. The van der Waals surface area contributed by atoms with Gasteiger partial charge in [0.1, 0.15) is 5.82 Å². The molecule has 2 aliphatic rings. The van der Waals surface area contributed by atoms with Gasteiger partial charge in [0.15, 0.2) is 0 Å². The van der Waals surface area contributed by atoms with Crippen molar-refractivity contribution in [1.29, 1.82) is 0 Å². The number of carbonyl (C=O) groups is 1. The zero-order valence-electron chi connectivity index (χ0n) is 14.1. The molecule has 1 atom stereocenters. The van der Waals surface area contributed by atoms with Crippen molar-refractivity contribution in [3.05, 3.63) is 34.6 Å². The molecule has 2 heterocycles. The summed E-state index contributed by atoms with van der Waals surface area (Å²) in [5.74, 6) is -0.136. The number of carbonyl (C=O) groups excluding carboxylic acids is 1. The number of rotatable bonds is 3. The molecule has 8 heteroatoms. The lowest BCUT2D eigenvalue weighted by atomic mass is 9.84. The second kappa shape index (κ2) is 7.21. The van der Waals surface area contributed by atoms with Gasteiger partial charge in [-0.15, -0.1) is 0 Å². The van der Waals surface area contributed by atoms with Gasteiger partial charge in [-0.2, -0.15) is 0 Å². The van der Waals surface area contributed by atoms with Crippen molar-refractivity contribution >= 4 is 27.5 Å². The van der Waals surface area contributed by atoms with E-state index in [0.29, 0.717) is 43.0 Å². The predicted molar refractivity (Wildman–Crippen MR) is 94.6 cm³/mol. The molecule has 25 heavy (non-hydrogen) atoms. The summed E-state index contributed by atoms with van der Waals surface area (Å²) in [6.07, 6.45) is 3.73. The highest BCUT2D eigenvalue weighted by Crippen LogP contribution is 2.33. The number of nitrogens with zero attached hydrogens (tertiary/aromatic N) is 2. The number of amides is 1. The van der Waals surface area contributed by atoms with Crippen LogP contribution in [0, 0.1) is 17.7 Å². The van der Waals surface area contributed by atoms with Gasteiger partial charge in [0.25, 0.3) is 5.91 Å². The summed E-state index contributed by atoms with van der Waals surface area (Å²) in [5, 5.41) is 0.341. The van der Waals surface area contributed by atoms with E-state index in [0.717, 1.165) is 19.3 Å². The molecule has 1 aromatic carbocycles. The van der Waals surface area contributed by atoms with Crippen molar-refractivity contribution in [3.8, 4) is 0 Å². The molecule has 5 nitrogen and oxygen atoms in total. The second-order valence-electron chi connectivity index (χ2n) is 6.92. The molecule has 0 aliphatic carbocycles. The molecular weight excluding hydrogens is 367 g/mol. The third-order valence-electron chi connectivity index (χ3n) is 5.30. The van der Waals surface area contributed by atoms with Gasteiger partial charge in [0, 0.05) is 31.2 Å². The smallest absolute Gasteiger partial charge is 0.256 e. The van der Waals surface area contributed by atoms with Crippen LogP contribution in [0.5, 0.6) is 0 Å². The number of benzene rings is 1. The Balaban J connectivity index is 1.61. The van der Waals surface area contributed by atoms with Crippen LogP contribution in [-0.4, -0.2) is 56.0 Å². The fraction of sp³-hybridized carbons (Fsp3) is 0.588. The molecule has 0 radical (unpaired) electrons. The van der Waals surface area contributed by atoms with Gasteiger partial charge in [0.2, 0.25) is 10.0 Å². The second-order valence-corrected chi connectivity index (χ2v) is 9.34. The predicted octanol–water partition coefficient (Wildman–Crippen LogP) is 2.61. The van der Waals surface area contributed by atoms with Crippen LogP contribution in [0.3, 0.4) is 0 Å². The molecule has 0 N–H and O–H groups in total. The lowest BCUT2D eigenvalue weighted by Gasteiger charge is -2.33. The maximum absolute atomic E-state index is 13.9. The maximum Gasteiger partial charge on any atom is 0.256 e. The molecule has 0 bridgehead atoms. The first-order valence-electron chi connectivity index (χ1n) is 8.45. The number of halogens is 2. The van der Waals surface area contributed by atoms with Crippen LogP contribution in [0.25, 0.3) is 0 Å². The van der Waals surface area contributed by atoms with Crippen LogP contribution < -0.4 is 0 Å². The highest BCUT2D eigenvalue weighted by molar-refractivity contribution is 7.88. The molecule has 1 unspecified atom stereocenters. The van der Waals surface area contributed by atoms with Crippen molar-refractivity contribution in [1.82, 2.24) is 9.21 Å². The Morgan fingerprint density at radius 3 is 2.44 bits per heavy atom. The standard InChI is InChI=1S/C17H22ClFN2O3S/c1-25(23,24)21-8-5-12(6-9-21)13-4-7-20(11-13)17(22)15-10-14(18)2-3-16(15)19/h2-3,10,12-13H,4-9,11H2,1H3. The molecule has 1 aromatic rings. The summed E-state index contributed by atoms with van der Waals surface area (Å²) in [7, 11) is -3.13. The van der Waals surface area contributed by atoms with Crippen LogP contribution >= 0.6 is 11.6 Å². The topological polar surface area (TPSA) is 57.7 Å². The Morgan fingerprint density at radius 2 is 1.80 bits per heavy atom. The average Bonchev–Trinajstić information content (AvgIpc) is 3.06. The first kappa shape index (κ1) is 18.6. The summed E-state index contributed by atoms with van der Waals surface area (Å²) >= 11 is 5.88. The van der Waals surface area contributed by atoms with Crippen molar-refractivity contribution in [3.63, 3.8) is 0 Å². The molecule has 138 valence electrons. The zero-order chi connectivity index (χ0) is 18.2. The fourth-order valence-electron chi connectivity index (χ4n) is 3.87. The molecule has 1 amide bonds. The number of likely N-dealkylation sites (tertiary alicyclic amines) is 1. The van der Waals surface area contributed by atoms with Crippen LogP contribution in [0.4, 0.5) is 4.39 Å². The largest absolute Gasteiger partial charge is 0.338 e. The van der Waals surface area contributed by atoms with Gasteiger partial charge < -0.3 is 4.90 Å². The monoisotopic (exact) mass is 388 g/mol. The lowest BCUT2D eigenvalue weighted by molar-refractivity contribution is 0.0774. The molecule has 0 aromatic heterocycles. The van der Waals surface area contributed by atoms with E-state index in [4.69, 9.17) is 11.6 Å². The number of sulfonamides is 1. The Morgan fingerprint density at radius 1 is 1.16 bits per heavy atom. The SMILES string of the molecule is CS(=O)(=O)N1CCC(C2CCN(C(=O)c3cc(Cl)ccc3F)C2)CC1. The van der Waals surface area contributed by atoms with Crippen LogP contribution in [0.1, 0.15) is 29.6 Å². The van der Waals surface area contributed by atoms with Gasteiger partial charge >= 0.3 is 0 Å². The number of piperidine rings is 1. The Hall–Kier alpha value is -1.18. The van der Waals surface area contributed by atoms with Crippen molar-refractivity contribution in [2.45, 2.75) is 19.3 Å². The molecule has 2 aliphatic heterocycles. The summed E-state index contributed by atoms with van der Waals surface area (Å²) in [4.78, 5) is 14.3. The first-order chi connectivity index (χ1) is 11.8. The van der Waals surface area contributed by atoms with E-state index >= 15 is 0 Å². The zero-order valence-corrected chi connectivity index (χ0v) is 15.7. The summed E-state index contributed by atoms with van der Waals surface area (Å²) in [5.41, 5.74) is 0.0139. The Bertz CT molecular complexity index is 763. The van der Waals surface area contributed by atoms with Gasteiger partial charge in [-0.25, -0.2) is 17.1 Å². The van der Waals surface area contributed by atoms with Gasteiger partial charge in [0.05, 0.1) is 11.8 Å². The average molecular weight is 389 g/mol. The summed E-state index contributed by atoms with van der Waals surface area (Å²) < 4.78 is 38.6. The van der Waals surface area contributed by atoms with Crippen LogP contribution in [-0.2, 0) is 10.0 Å². The third-order valence-corrected chi connectivity index (χ3v) is 6.84. The number of hydrogen-bond donors (Lipinski definition) is 0. The molecule has 3 rings (SSSR count).